The molecular formula is C6H5Cl3O6. The second kappa shape index (κ2) is 7.33. The van der Waals surface area contributed by atoms with Crippen LogP contribution in [0.3, 0.4) is 0 Å². The summed E-state index contributed by atoms with van der Waals surface area (Å²) in [5, 5.41) is 23.5. The Bertz CT molecular complexity index is 263. The van der Waals surface area contributed by atoms with Gasteiger partial charge in [0.2, 0.25) is 0 Å². The average molecular weight is 279 g/mol. The first kappa shape index (κ1) is 16.4. The van der Waals surface area contributed by atoms with E-state index in [0.717, 1.165) is 0 Å². The minimum absolute atomic E-state index is 0.558. The van der Waals surface area contributed by atoms with E-state index in [4.69, 9.17) is 50.1 Å². The fraction of sp³-hybridized carbons (Fsp3) is 0.167. The van der Waals surface area contributed by atoms with Crippen LogP contribution in [0.2, 0.25) is 0 Å². The van der Waals surface area contributed by atoms with Gasteiger partial charge in [0.1, 0.15) is 0 Å². The van der Waals surface area contributed by atoms with Crippen molar-refractivity contribution in [2.45, 2.75) is 3.79 Å². The first-order valence-corrected chi connectivity index (χ1v) is 4.14. The molecular weight excluding hydrogens is 274 g/mol. The van der Waals surface area contributed by atoms with Crippen molar-refractivity contribution in [2.75, 3.05) is 0 Å². The first-order valence-electron chi connectivity index (χ1n) is 3.01. The summed E-state index contributed by atoms with van der Waals surface area (Å²) in [6.45, 7) is 0. The van der Waals surface area contributed by atoms with Gasteiger partial charge in [-0.2, -0.15) is 0 Å². The number of aliphatic carboxylic acids is 3. The Hall–Kier alpha value is -0.980. The Morgan fingerprint density at radius 2 is 1.07 bits per heavy atom. The van der Waals surface area contributed by atoms with Crippen LogP contribution in [0.5, 0.6) is 0 Å². The van der Waals surface area contributed by atoms with Crippen molar-refractivity contribution >= 4 is 52.7 Å². The lowest BCUT2D eigenvalue weighted by Gasteiger charge is -1.99. The number of carbonyl (C=O) groups is 3. The summed E-state index contributed by atoms with van der Waals surface area (Å²) < 4.78 is -2.17. The van der Waals surface area contributed by atoms with Gasteiger partial charge in [-0.25, -0.2) is 14.4 Å². The number of hydrogen-bond acceptors (Lipinski definition) is 3. The zero-order valence-electron chi connectivity index (χ0n) is 6.85. The molecule has 0 saturated carbocycles. The van der Waals surface area contributed by atoms with Gasteiger partial charge in [-0.05, 0) is 0 Å². The van der Waals surface area contributed by atoms with Gasteiger partial charge < -0.3 is 15.3 Å². The molecule has 15 heavy (non-hydrogen) atoms. The monoisotopic (exact) mass is 278 g/mol. The molecule has 0 amide bonds. The highest BCUT2D eigenvalue weighted by atomic mass is 35.6. The molecule has 0 heterocycles. The highest BCUT2D eigenvalue weighted by molar-refractivity contribution is 6.75. The SMILES string of the molecule is O=C(O)/C=C\C(=O)O.O=C(O)C(Cl)(Cl)Cl. The van der Waals surface area contributed by atoms with Crippen molar-refractivity contribution in [3.05, 3.63) is 12.2 Å². The van der Waals surface area contributed by atoms with Gasteiger partial charge in [0.15, 0.2) is 0 Å². The van der Waals surface area contributed by atoms with Crippen molar-refractivity contribution in [1.82, 2.24) is 0 Å². The standard InChI is InChI=1S/C4H4O4.C2HCl3O2/c5-3(6)1-2-4(7)8;3-2(4,5)1(6)7/h1-2H,(H,5,6)(H,7,8);(H,6,7)/b2-1-;. The summed E-state index contributed by atoms with van der Waals surface area (Å²) in [6.07, 6.45) is 1.12. The molecule has 0 aromatic heterocycles. The summed E-state index contributed by atoms with van der Waals surface area (Å²) in [5.41, 5.74) is 0. The predicted octanol–water partition coefficient (Wildman–Crippen LogP) is 1.15. The van der Waals surface area contributed by atoms with Crippen LogP contribution in [0.1, 0.15) is 0 Å². The number of alkyl halides is 3. The molecule has 0 aromatic carbocycles. The zero-order valence-corrected chi connectivity index (χ0v) is 9.12. The minimum atomic E-state index is -2.17. The van der Waals surface area contributed by atoms with Crippen LogP contribution in [-0.2, 0) is 14.4 Å². The molecule has 0 aliphatic carbocycles. The van der Waals surface area contributed by atoms with Gasteiger partial charge >= 0.3 is 17.9 Å². The van der Waals surface area contributed by atoms with E-state index in [-0.39, 0.29) is 0 Å². The van der Waals surface area contributed by atoms with E-state index in [0.29, 0.717) is 12.2 Å². The molecule has 0 spiro atoms. The highest BCUT2D eigenvalue weighted by Gasteiger charge is 2.29. The molecule has 0 unspecified atom stereocenters. The topological polar surface area (TPSA) is 112 Å². The Labute approximate surface area is 98.7 Å². The van der Waals surface area contributed by atoms with Crippen molar-refractivity contribution in [3.8, 4) is 0 Å². The molecule has 3 N–H and O–H groups in total. The lowest BCUT2D eigenvalue weighted by atomic mass is 10.5. The number of hydrogen-bond donors (Lipinski definition) is 3. The van der Waals surface area contributed by atoms with Crippen molar-refractivity contribution in [3.63, 3.8) is 0 Å². The highest BCUT2D eigenvalue weighted by Crippen LogP contribution is 2.25. The van der Waals surface area contributed by atoms with Gasteiger partial charge in [-0.3, -0.25) is 0 Å². The number of rotatable bonds is 2. The van der Waals surface area contributed by atoms with Gasteiger partial charge in [-0.1, -0.05) is 34.8 Å². The molecule has 0 rings (SSSR count). The summed E-state index contributed by atoms with van der Waals surface area (Å²) in [4.78, 5) is 28.7. The molecule has 0 aliphatic heterocycles. The van der Waals surface area contributed by atoms with Crippen LogP contribution in [0.4, 0.5) is 0 Å². The largest absolute Gasteiger partial charge is 0.478 e. The van der Waals surface area contributed by atoms with E-state index in [1.165, 1.54) is 0 Å². The lowest BCUT2D eigenvalue weighted by Crippen LogP contribution is -2.16. The molecule has 0 bridgehead atoms. The van der Waals surface area contributed by atoms with Gasteiger partial charge in [0.05, 0.1) is 0 Å². The van der Waals surface area contributed by atoms with E-state index in [2.05, 4.69) is 0 Å². The molecule has 9 heteroatoms. The maximum Gasteiger partial charge on any atom is 0.356 e. The third kappa shape index (κ3) is 15.7. The minimum Gasteiger partial charge on any atom is -0.478 e. The molecule has 0 fully saturated rings. The fourth-order valence-corrected chi connectivity index (χ4v) is 0.143. The number of carboxylic acid groups (broad SMARTS) is 3. The molecule has 0 aromatic rings. The van der Waals surface area contributed by atoms with Gasteiger partial charge in [-0.15, -0.1) is 0 Å². The predicted molar refractivity (Wildman–Crippen MR) is 52.3 cm³/mol. The number of carboxylic acids is 3. The van der Waals surface area contributed by atoms with Crippen molar-refractivity contribution in [1.29, 1.82) is 0 Å². The quantitative estimate of drug-likeness (QED) is 0.516. The Morgan fingerprint density at radius 1 is 0.867 bits per heavy atom. The summed E-state index contributed by atoms with van der Waals surface area (Å²) in [6, 6.07) is 0. The van der Waals surface area contributed by atoms with Crippen molar-refractivity contribution < 1.29 is 29.7 Å². The zero-order chi connectivity index (χ0) is 12.6. The summed E-state index contributed by atoms with van der Waals surface area (Å²) in [7, 11) is 0. The second-order valence-electron chi connectivity index (χ2n) is 1.81. The maximum absolute atomic E-state index is 9.62. The third-order valence-corrected chi connectivity index (χ3v) is 1.10. The smallest absolute Gasteiger partial charge is 0.356 e. The van der Waals surface area contributed by atoms with E-state index in [1.807, 2.05) is 0 Å². The van der Waals surface area contributed by atoms with E-state index in [9.17, 15) is 14.4 Å². The Kier molecular flexibility index (Phi) is 8.04. The van der Waals surface area contributed by atoms with E-state index < -0.39 is 21.7 Å². The van der Waals surface area contributed by atoms with Crippen molar-refractivity contribution in [2.24, 2.45) is 0 Å². The van der Waals surface area contributed by atoms with Gasteiger partial charge in [0.25, 0.3) is 3.79 Å². The van der Waals surface area contributed by atoms with Crippen LogP contribution < -0.4 is 0 Å². The second-order valence-corrected chi connectivity index (χ2v) is 4.09. The third-order valence-electron chi connectivity index (χ3n) is 0.611. The molecule has 0 radical (unpaired) electrons. The molecule has 86 valence electrons. The summed E-state index contributed by atoms with van der Waals surface area (Å²) in [5.74, 6) is -3.97. The maximum atomic E-state index is 9.62. The number of halogens is 3. The van der Waals surface area contributed by atoms with Crippen LogP contribution in [-0.4, -0.2) is 37.0 Å². The van der Waals surface area contributed by atoms with Gasteiger partial charge in [0, 0.05) is 12.2 Å². The van der Waals surface area contributed by atoms with E-state index in [1.54, 1.807) is 0 Å². The normalized spacial score (nSPS) is 10.3. The van der Waals surface area contributed by atoms with Crippen LogP contribution >= 0.6 is 34.8 Å². The molecule has 0 atom stereocenters. The molecule has 6 nitrogen and oxygen atoms in total. The fourth-order valence-electron chi connectivity index (χ4n) is 0.143. The Balaban J connectivity index is 0. The van der Waals surface area contributed by atoms with Crippen LogP contribution in [0, 0.1) is 0 Å². The first-order chi connectivity index (χ1) is 6.57. The lowest BCUT2D eigenvalue weighted by molar-refractivity contribution is -0.136. The van der Waals surface area contributed by atoms with Crippen LogP contribution in [0.15, 0.2) is 12.2 Å². The van der Waals surface area contributed by atoms with E-state index >= 15 is 0 Å². The molecule has 0 saturated heterocycles. The average Bonchev–Trinajstić information content (AvgIpc) is 2.00. The van der Waals surface area contributed by atoms with Crippen LogP contribution in [0.25, 0.3) is 0 Å². The Morgan fingerprint density at radius 3 is 1.13 bits per heavy atom. The molecule has 0 aliphatic rings. The summed E-state index contributed by atoms with van der Waals surface area (Å²) >= 11 is 14.4.